The van der Waals surface area contributed by atoms with Gasteiger partial charge < -0.3 is 25.6 Å². The molecule has 4 amide bonds. The molecule has 0 bridgehead atoms. The van der Waals surface area contributed by atoms with Crippen molar-refractivity contribution in [1.82, 2.24) is 20.9 Å². The van der Waals surface area contributed by atoms with Crippen LogP contribution in [0.2, 0.25) is 0 Å². The molecule has 12 heteroatoms. The number of fused-ring (bicyclic) bond motifs is 1. The maximum atomic E-state index is 13.9. The first-order chi connectivity index (χ1) is 18.4. The molecule has 10 nitrogen and oxygen atoms in total. The number of amides is 4. The van der Waals surface area contributed by atoms with Crippen molar-refractivity contribution >= 4 is 52.8 Å². The zero-order valence-electron chi connectivity index (χ0n) is 24.1. The van der Waals surface area contributed by atoms with Crippen LogP contribution in [0.25, 0.3) is 0 Å². The molecule has 0 aromatic carbocycles. The van der Waals surface area contributed by atoms with Crippen molar-refractivity contribution in [3.8, 4) is 0 Å². The number of carbonyl (C=O) groups is 5. The fraction of sp³-hybridized carbons (Fsp3) is 0.679. The molecule has 1 heterocycles. The molecule has 0 radical (unpaired) electrons. The number of rotatable bonds is 12. The minimum Gasteiger partial charge on any atom is -0.444 e. The van der Waals surface area contributed by atoms with Crippen LogP contribution in [0.3, 0.4) is 0 Å². The number of allylic oxidation sites excluding steroid dienone is 1. The number of hydrogen-bond acceptors (Lipinski definition) is 6. The number of ether oxygens (including phenoxy) is 1. The van der Waals surface area contributed by atoms with Gasteiger partial charge in [0.2, 0.25) is 17.6 Å². The summed E-state index contributed by atoms with van der Waals surface area (Å²) >= 11 is 12.9. The average Bonchev–Trinajstić information content (AvgIpc) is 3.15. The molecule has 5 atom stereocenters. The van der Waals surface area contributed by atoms with Gasteiger partial charge in [-0.1, -0.05) is 32.9 Å². The first-order valence-corrected chi connectivity index (χ1v) is 14.1. The SMILES string of the molecule is C=CCCNC(=O)C(=O)C(CCC=C)NC(=O)[C@@H]1[C@H]2[C@@H](CN1C(=O)[C@@H](NC(=O)OC(C)(C)C)C(C)(C)C)C2(Cl)Cl. The van der Waals surface area contributed by atoms with E-state index < -0.39 is 69.0 Å². The largest absolute Gasteiger partial charge is 0.444 e. The van der Waals surface area contributed by atoms with Gasteiger partial charge in [0.15, 0.2) is 0 Å². The van der Waals surface area contributed by atoms with Crippen molar-refractivity contribution in [2.45, 2.75) is 88.9 Å². The Bertz CT molecular complexity index is 1030. The van der Waals surface area contributed by atoms with E-state index in [4.69, 9.17) is 27.9 Å². The van der Waals surface area contributed by atoms with E-state index in [0.717, 1.165) is 0 Å². The van der Waals surface area contributed by atoms with Crippen LogP contribution in [0.4, 0.5) is 4.79 Å². The number of Topliss-reactive ketones (excluding diaryl/α,β-unsaturated/α-hetero) is 1. The Hall–Kier alpha value is -2.59. The maximum Gasteiger partial charge on any atom is 0.408 e. The lowest BCUT2D eigenvalue weighted by Crippen LogP contribution is -2.61. The van der Waals surface area contributed by atoms with Crippen molar-refractivity contribution in [2.75, 3.05) is 13.1 Å². The van der Waals surface area contributed by atoms with Crippen molar-refractivity contribution in [3.63, 3.8) is 0 Å². The monoisotopic (exact) mass is 600 g/mol. The van der Waals surface area contributed by atoms with Gasteiger partial charge in [0.1, 0.15) is 22.0 Å². The molecular weight excluding hydrogens is 559 g/mol. The predicted molar refractivity (Wildman–Crippen MR) is 154 cm³/mol. The molecule has 0 spiro atoms. The Morgan fingerprint density at radius 1 is 1.02 bits per heavy atom. The number of likely N-dealkylation sites (tertiary alicyclic amines) is 1. The molecule has 1 saturated carbocycles. The minimum absolute atomic E-state index is 0.0878. The summed E-state index contributed by atoms with van der Waals surface area (Å²) in [5.74, 6) is -3.77. The molecule has 1 aliphatic carbocycles. The summed E-state index contributed by atoms with van der Waals surface area (Å²) in [5, 5.41) is 7.81. The van der Waals surface area contributed by atoms with Crippen LogP contribution in [0.15, 0.2) is 25.3 Å². The summed E-state index contributed by atoms with van der Waals surface area (Å²) in [6.45, 7) is 18.0. The number of alkyl carbamates (subject to hydrolysis) is 1. The molecule has 0 aromatic rings. The van der Waals surface area contributed by atoms with Gasteiger partial charge in [-0.25, -0.2) is 4.79 Å². The molecule has 2 rings (SSSR count). The van der Waals surface area contributed by atoms with Crippen LogP contribution < -0.4 is 16.0 Å². The van der Waals surface area contributed by atoms with Gasteiger partial charge in [-0.3, -0.25) is 19.2 Å². The number of ketones is 1. The van der Waals surface area contributed by atoms with Gasteiger partial charge in [-0.15, -0.1) is 36.4 Å². The van der Waals surface area contributed by atoms with Crippen molar-refractivity contribution in [2.24, 2.45) is 17.3 Å². The highest BCUT2D eigenvalue weighted by Gasteiger charge is 2.74. The van der Waals surface area contributed by atoms with Gasteiger partial charge in [0.25, 0.3) is 5.91 Å². The lowest BCUT2D eigenvalue weighted by atomic mass is 9.85. The van der Waals surface area contributed by atoms with Gasteiger partial charge in [-0.2, -0.15) is 0 Å². The van der Waals surface area contributed by atoms with Gasteiger partial charge in [0, 0.05) is 24.9 Å². The number of halogens is 2. The normalized spacial score (nSPS) is 22.7. The van der Waals surface area contributed by atoms with Gasteiger partial charge >= 0.3 is 6.09 Å². The summed E-state index contributed by atoms with van der Waals surface area (Å²) in [6.07, 6.45) is 3.37. The Balaban J connectivity index is 2.30. The first-order valence-electron chi connectivity index (χ1n) is 13.4. The number of nitrogens with one attached hydrogen (secondary N) is 3. The lowest BCUT2D eigenvalue weighted by Gasteiger charge is -2.37. The third kappa shape index (κ3) is 8.22. The standard InChI is InChI=1S/C28H42Cl2N4O6/c1-9-11-13-17(20(35)23(37)31-14-12-10-2)32-22(36)19-18-16(28(18,29)30)15-34(19)24(38)21(26(3,4)5)33-25(39)40-27(6,7)8/h9-10,16-19,21H,1-2,11-15H2,3-8H3,(H,31,37)(H,32,36)(H,33,39)/t16-,17?,18-,19+,21-/m1/s1. The molecule has 2 aliphatic rings. The summed E-state index contributed by atoms with van der Waals surface area (Å²) in [4.78, 5) is 66.8. The van der Waals surface area contributed by atoms with Crippen molar-refractivity contribution in [3.05, 3.63) is 25.3 Å². The van der Waals surface area contributed by atoms with Crippen molar-refractivity contribution < 1.29 is 28.7 Å². The number of nitrogens with zero attached hydrogens (tertiary/aromatic N) is 1. The molecule has 1 aliphatic heterocycles. The summed E-state index contributed by atoms with van der Waals surface area (Å²) in [5.41, 5.74) is -1.53. The molecule has 3 N–H and O–H groups in total. The first kappa shape index (κ1) is 33.6. The summed E-state index contributed by atoms with van der Waals surface area (Å²) in [6, 6.07) is -3.30. The van der Waals surface area contributed by atoms with Crippen LogP contribution in [0.5, 0.6) is 0 Å². The minimum atomic E-state index is -1.22. The van der Waals surface area contributed by atoms with Crippen molar-refractivity contribution in [1.29, 1.82) is 0 Å². The zero-order valence-corrected chi connectivity index (χ0v) is 25.7. The third-order valence-corrected chi connectivity index (χ3v) is 7.87. The number of piperidine rings is 1. The molecule has 40 heavy (non-hydrogen) atoms. The quantitative estimate of drug-likeness (QED) is 0.136. The summed E-state index contributed by atoms with van der Waals surface area (Å²) in [7, 11) is 0. The second-order valence-electron chi connectivity index (χ2n) is 12.3. The second-order valence-corrected chi connectivity index (χ2v) is 13.8. The fourth-order valence-electron chi connectivity index (χ4n) is 4.72. The summed E-state index contributed by atoms with van der Waals surface area (Å²) < 4.78 is 4.13. The topological polar surface area (TPSA) is 134 Å². The van der Waals surface area contributed by atoms with Crippen LogP contribution in [0, 0.1) is 17.3 Å². The van der Waals surface area contributed by atoms with E-state index >= 15 is 0 Å². The average molecular weight is 602 g/mol. The number of carbonyl (C=O) groups excluding carboxylic acids is 5. The van der Waals surface area contributed by atoms with E-state index in [1.54, 1.807) is 53.7 Å². The number of alkyl halides is 2. The molecular formula is C28H42Cl2N4O6. The van der Waals surface area contributed by atoms with E-state index in [2.05, 4.69) is 29.1 Å². The Kier molecular flexibility index (Phi) is 10.9. The van der Waals surface area contributed by atoms with Gasteiger partial charge in [0.05, 0.1) is 6.04 Å². The van der Waals surface area contributed by atoms with Crippen LogP contribution >= 0.6 is 23.2 Å². The highest BCUT2D eigenvalue weighted by Crippen LogP contribution is 2.65. The Labute approximate surface area is 246 Å². The second kappa shape index (κ2) is 12.9. The van der Waals surface area contributed by atoms with Crippen LogP contribution in [-0.4, -0.2) is 75.6 Å². The molecule has 2 fully saturated rings. The number of hydrogen-bond donors (Lipinski definition) is 3. The molecule has 1 saturated heterocycles. The Morgan fingerprint density at radius 3 is 2.15 bits per heavy atom. The van der Waals surface area contributed by atoms with Crippen LogP contribution in [0.1, 0.15) is 60.8 Å². The van der Waals surface area contributed by atoms with E-state index in [1.807, 2.05) is 0 Å². The van der Waals surface area contributed by atoms with E-state index in [0.29, 0.717) is 12.8 Å². The maximum absolute atomic E-state index is 13.9. The highest BCUT2D eigenvalue weighted by molar-refractivity contribution is 6.51. The lowest BCUT2D eigenvalue weighted by molar-refractivity contribution is -0.145. The molecule has 0 aromatic heterocycles. The van der Waals surface area contributed by atoms with Crippen LogP contribution in [-0.2, 0) is 23.9 Å². The molecule has 1 unspecified atom stereocenters. The van der Waals surface area contributed by atoms with E-state index in [-0.39, 0.29) is 25.4 Å². The fourth-order valence-corrected chi connectivity index (χ4v) is 5.54. The van der Waals surface area contributed by atoms with E-state index in [1.165, 1.54) is 4.90 Å². The Morgan fingerprint density at radius 2 is 1.62 bits per heavy atom. The third-order valence-electron chi connectivity index (χ3n) is 6.81. The van der Waals surface area contributed by atoms with E-state index in [9.17, 15) is 24.0 Å². The predicted octanol–water partition coefficient (Wildman–Crippen LogP) is 3.27. The highest BCUT2D eigenvalue weighted by atomic mass is 35.5. The van der Waals surface area contributed by atoms with Gasteiger partial charge in [-0.05, 0) is 45.4 Å². The molecule has 224 valence electrons. The smallest absolute Gasteiger partial charge is 0.408 e. The zero-order chi connectivity index (χ0) is 30.6.